The summed E-state index contributed by atoms with van der Waals surface area (Å²) < 4.78 is 14.0. The number of hydrogen-bond acceptors (Lipinski definition) is 3. The Kier molecular flexibility index (Phi) is 4.55. The van der Waals surface area contributed by atoms with Crippen LogP contribution in [0.3, 0.4) is 0 Å². The number of aliphatic hydroxyl groups is 1. The van der Waals surface area contributed by atoms with Crippen molar-refractivity contribution in [1.29, 1.82) is 0 Å². The number of halogens is 1. The fraction of sp³-hybridized carbons (Fsp3) is 0.571. The molecule has 2 atom stereocenters. The smallest absolute Gasteiger partial charge is 0.146 e. The van der Waals surface area contributed by atoms with Gasteiger partial charge in [0.25, 0.3) is 0 Å². The Morgan fingerprint density at radius 3 is 2.94 bits per heavy atom. The summed E-state index contributed by atoms with van der Waals surface area (Å²) in [4.78, 5) is 2.12. The van der Waals surface area contributed by atoms with Gasteiger partial charge in [-0.25, -0.2) is 4.39 Å². The van der Waals surface area contributed by atoms with Gasteiger partial charge in [-0.05, 0) is 38.4 Å². The molecular weight excluding hydrogens is 231 g/mol. The first-order valence-corrected chi connectivity index (χ1v) is 6.58. The molecular formula is C14H21FN2O. The van der Waals surface area contributed by atoms with Gasteiger partial charge in [0.1, 0.15) is 5.82 Å². The van der Waals surface area contributed by atoms with Gasteiger partial charge in [-0.1, -0.05) is 12.1 Å². The predicted octanol–water partition coefficient (Wildman–Crippen LogP) is 1.76. The Morgan fingerprint density at radius 2 is 2.22 bits per heavy atom. The Balaban J connectivity index is 2.31. The summed E-state index contributed by atoms with van der Waals surface area (Å²) in [6, 6.07) is 7.30. The van der Waals surface area contributed by atoms with Crippen LogP contribution in [0.25, 0.3) is 0 Å². The second-order valence-corrected chi connectivity index (χ2v) is 4.87. The maximum atomic E-state index is 14.0. The molecule has 1 aromatic carbocycles. The van der Waals surface area contributed by atoms with Crippen molar-refractivity contribution < 1.29 is 9.50 Å². The lowest BCUT2D eigenvalue weighted by Crippen LogP contribution is -2.44. The van der Waals surface area contributed by atoms with Crippen LogP contribution < -0.4 is 10.2 Å². The number of nitrogens with one attached hydrogen (secondary N) is 1. The van der Waals surface area contributed by atoms with E-state index in [-0.39, 0.29) is 24.5 Å². The second-order valence-electron chi connectivity index (χ2n) is 4.87. The molecule has 1 saturated heterocycles. The molecule has 0 aliphatic carbocycles. The Morgan fingerprint density at radius 1 is 1.44 bits per heavy atom. The average Bonchev–Trinajstić information content (AvgIpc) is 2.53. The number of anilines is 1. The Bertz CT molecular complexity index is 386. The van der Waals surface area contributed by atoms with E-state index in [2.05, 4.69) is 17.1 Å². The molecule has 1 heterocycles. The number of rotatable bonds is 3. The highest BCUT2D eigenvalue weighted by molar-refractivity contribution is 5.50. The Hall–Kier alpha value is -1.13. The molecule has 0 aromatic heterocycles. The molecule has 0 spiro atoms. The highest BCUT2D eigenvalue weighted by atomic mass is 19.1. The minimum Gasteiger partial charge on any atom is -0.396 e. The minimum atomic E-state index is -0.186. The van der Waals surface area contributed by atoms with E-state index in [1.807, 2.05) is 12.1 Å². The lowest BCUT2D eigenvalue weighted by Gasteiger charge is -2.36. The van der Waals surface area contributed by atoms with Gasteiger partial charge in [-0.15, -0.1) is 0 Å². The van der Waals surface area contributed by atoms with Gasteiger partial charge in [0.2, 0.25) is 0 Å². The molecule has 100 valence electrons. The summed E-state index contributed by atoms with van der Waals surface area (Å²) >= 11 is 0. The fourth-order valence-corrected chi connectivity index (χ4v) is 2.66. The maximum absolute atomic E-state index is 14.0. The van der Waals surface area contributed by atoms with Gasteiger partial charge in [-0.3, -0.25) is 0 Å². The predicted molar refractivity (Wildman–Crippen MR) is 71.3 cm³/mol. The van der Waals surface area contributed by atoms with Gasteiger partial charge < -0.3 is 15.3 Å². The van der Waals surface area contributed by atoms with Crippen LogP contribution in [0.5, 0.6) is 0 Å². The van der Waals surface area contributed by atoms with Crippen molar-refractivity contribution in [2.24, 2.45) is 0 Å². The molecule has 2 rings (SSSR count). The lowest BCUT2D eigenvalue weighted by molar-refractivity contribution is 0.270. The van der Waals surface area contributed by atoms with Crippen LogP contribution in [0, 0.1) is 5.82 Å². The summed E-state index contributed by atoms with van der Waals surface area (Å²) in [7, 11) is 0. The minimum absolute atomic E-state index is 0.129. The van der Waals surface area contributed by atoms with Crippen molar-refractivity contribution in [3.8, 4) is 0 Å². The van der Waals surface area contributed by atoms with Crippen LogP contribution in [0.2, 0.25) is 0 Å². The van der Waals surface area contributed by atoms with Crippen LogP contribution in [0.1, 0.15) is 19.8 Å². The summed E-state index contributed by atoms with van der Waals surface area (Å²) in [5, 5.41) is 12.5. The highest BCUT2D eigenvalue weighted by Crippen LogP contribution is 2.26. The first-order valence-electron chi connectivity index (χ1n) is 6.58. The zero-order valence-electron chi connectivity index (χ0n) is 10.8. The molecule has 1 aromatic rings. The van der Waals surface area contributed by atoms with E-state index in [9.17, 15) is 9.50 Å². The van der Waals surface area contributed by atoms with Crippen LogP contribution in [-0.2, 0) is 0 Å². The van der Waals surface area contributed by atoms with E-state index in [0.717, 1.165) is 19.5 Å². The van der Waals surface area contributed by atoms with Crippen molar-refractivity contribution in [3.63, 3.8) is 0 Å². The van der Waals surface area contributed by atoms with Gasteiger partial charge in [0.15, 0.2) is 0 Å². The number of benzene rings is 1. The van der Waals surface area contributed by atoms with E-state index in [0.29, 0.717) is 12.1 Å². The van der Waals surface area contributed by atoms with E-state index in [1.54, 1.807) is 6.07 Å². The van der Waals surface area contributed by atoms with E-state index >= 15 is 0 Å². The lowest BCUT2D eigenvalue weighted by atomic mass is 10.1. The molecule has 0 bridgehead atoms. The molecule has 2 unspecified atom stereocenters. The third-order valence-corrected chi connectivity index (χ3v) is 3.58. The second kappa shape index (κ2) is 6.16. The molecule has 2 N–H and O–H groups in total. The van der Waals surface area contributed by atoms with Gasteiger partial charge >= 0.3 is 0 Å². The monoisotopic (exact) mass is 252 g/mol. The van der Waals surface area contributed by atoms with Gasteiger partial charge in [0, 0.05) is 25.2 Å². The molecule has 0 radical (unpaired) electrons. The molecule has 0 saturated carbocycles. The molecule has 1 aliphatic rings. The zero-order valence-corrected chi connectivity index (χ0v) is 10.8. The highest BCUT2D eigenvalue weighted by Gasteiger charge is 2.27. The van der Waals surface area contributed by atoms with E-state index in [1.165, 1.54) is 6.07 Å². The Labute approximate surface area is 108 Å². The van der Waals surface area contributed by atoms with Crippen molar-refractivity contribution in [2.45, 2.75) is 31.8 Å². The van der Waals surface area contributed by atoms with Crippen molar-refractivity contribution in [1.82, 2.24) is 5.32 Å². The molecule has 0 amide bonds. The molecule has 4 heteroatoms. The van der Waals surface area contributed by atoms with Crippen LogP contribution >= 0.6 is 0 Å². The molecule has 18 heavy (non-hydrogen) atoms. The van der Waals surface area contributed by atoms with Crippen molar-refractivity contribution >= 4 is 5.69 Å². The normalized spacial score (nSPS) is 24.9. The maximum Gasteiger partial charge on any atom is 0.146 e. The molecule has 1 fully saturated rings. The number of hydrogen-bond donors (Lipinski definition) is 2. The zero-order chi connectivity index (χ0) is 13.0. The van der Waals surface area contributed by atoms with Crippen molar-refractivity contribution in [2.75, 3.05) is 24.6 Å². The van der Waals surface area contributed by atoms with E-state index in [4.69, 9.17) is 0 Å². The standard InChI is InChI=1S/C14H21FN2O/c1-11-6-8-16-10-12(7-9-18)17(11)14-5-3-2-4-13(14)15/h2-5,11-12,16,18H,6-10H2,1H3. The summed E-state index contributed by atoms with van der Waals surface area (Å²) in [6.07, 6.45) is 1.64. The summed E-state index contributed by atoms with van der Waals surface area (Å²) in [5.74, 6) is -0.186. The first kappa shape index (κ1) is 13.3. The molecule has 1 aliphatic heterocycles. The number of para-hydroxylation sites is 1. The van der Waals surface area contributed by atoms with Gasteiger partial charge in [-0.2, -0.15) is 0 Å². The molecule has 3 nitrogen and oxygen atoms in total. The summed E-state index contributed by atoms with van der Waals surface area (Å²) in [5.41, 5.74) is 0.646. The van der Waals surface area contributed by atoms with Crippen LogP contribution in [0.4, 0.5) is 10.1 Å². The third-order valence-electron chi connectivity index (χ3n) is 3.58. The van der Waals surface area contributed by atoms with Gasteiger partial charge in [0.05, 0.1) is 5.69 Å². The first-order chi connectivity index (χ1) is 8.74. The van der Waals surface area contributed by atoms with Crippen LogP contribution in [0.15, 0.2) is 24.3 Å². The fourth-order valence-electron chi connectivity index (χ4n) is 2.66. The van der Waals surface area contributed by atoms with E-state index < -0.39 is 0 Å². The SMILES string of the molecule is CC1CCNCC(CCO)N1c1ccccc1F. The summed E-state index contributed by atoms with van der Waals surface area (Å²) in [6.45, 7) is 3.97. The topological polar surface area (TPSA) is 35.5 Å². The quantitative estimate of drug-likeness (QED) is 0.860. The average molecular weight is 252 g/mol. The largest absolute Gasteiger partial charge is 0.396 e. The number of nitrogens with zero attached hydrogens (tertiary/aromatic N) is 1. The van der Waals surface area contributed by atoms with Crippen molar-refractivity contribution in [3.05, 3.63) is 30.1 Å². The van der Waals surface area contributed by atoms with Crippen LogP contribution in [-0.4, -0.2) is 36.9 Å². The third kappa shape index (κ3) is 2.82. The number of aliphatic hydroxyl groups excluding tert-OH is 1.